The molecule has 2 heterocycles. The number of ether oxygens (including phenoxy) is 2. The number of methoxy groups -OCH3 is 1. The van der Waals surface area contributed by atoms with Crippen LogP contribution in [0.5, 0.6) is 5.75 Å². The number of rotatable bonds is 5. The van der Waals surface area contributed by atoms with E-state index in [9.17, 15) is 12.8 Å². The molecule has 0 amide bonds. The highest BCUT2D eigenvalue weighted by Crippen LogP contribution is 2.31. The number of sulfonamides is 1. The quantitative estimate of drug-likeness (QED) is 0.680. The molecule has 0 unspecified atom stereocenters. The fourth-order valence-electron chi connectivity index (χ4n) is 3.15. The first-order valence-corrected chi connectivity index (χ1v) is 12.4. The van der Waals surface area contributed by atoms with E-state index in [0.29, 0.717) is 59.2 Å². The van der Waals surface area contributed by atoms with Gasteiger partial charge in [0.25, 0.3) is 0 Å². The molecule has 2 aliphatic rings. The Bertz CT molecular complexity index is 1180. The Morgan fingerprint density at radius 2 is 2.03 bits per heavy atom. The number of hydrogen-bond acceptors (Lipinski definition) is 7. The first kappa shape index (κ1) is 23.0. The van der Waals surface area contributed by atoms with Crippen molar-refractivity contribution in [2.24, 2.45) is 10.1 Å². The Hall–Kier alpha value is -2.18. The van der Waals surface area contributed by atoms with Gasteiger partial charge in [0.15, 0.2) is 16.7 Å². The fourth-order valence-corrected chi connectivity index (χ4v) is 5.52. The van der Waals surface area contributed by atoms with Crippen LogP contribution >= 0.6 is 23.4 Å². The molecule has 0 spiro atoms. The molecule has 12 heteroatoms. The van der Waals surface area contributed by atoms with Crippen molar-refractivity contribution in [2.45, 2.75) is 4.90 Å². The zero-order valence-corrected chi connectivity index (χ0v) is 19.4. The maximum Gasteiger partial charge on any atom is 0.243 e. The molecule has 1 N–H and O–H groups in total. The maximum atomic E-state index is 14.0. The number of hydrazone groups is 1. The molecule has 1 saturated heterocycles. The summed E-state index contributed by atoms with van der Waals surface area (Å²) in [6, 6.07) is 9.05. The van der Waals surface area contributed by atoms with Gasteiger partial charge in [0.05, 0.1) is 41.6 Å². The third-order valence-corrected chi connectivity index (χ3v) is 7.95. The summed E-state index contributed by atoms with van der Waals surface area (Å²) in [5.74, 6) is 0.137. The molecular formula is C20H20ClFN4O4S2. The van der Waals surface area contributed by atoms with Gasteiger partial charge in [0.1, 0.15) is 0 Å². The van der Waals surface area contributed by atoms with Gasteiger partial charge in [0.2, 0.25) is 10.0 Å². The number of thioether (sulfide) groups is 1. The summed E-state index contributed by atoms with van der Waals surface area (Å²) < 4.78 is 51.4. The lowest BCUT2D eigenvalue weighted by molar-refractivity contribution is 0.0730. The predicted molar refractivity (Wildman–Crippen MR) is 123 cm³/mol. The summed E-state index contributed by atoms with van der Waals surface area (Å²) in [7, 11) is -2.27. The lowest BCUT2D eigenvalue weighted by atomic mass is 10.1. The highest BCUT2D eigenvalue weighted by Gasteiger charge is 2.27. The molecule has 0 atom stereocenters. The van der Waals surface area contributed by atoms with Gasteiger partial charge in [-0.15, -0.1) is 0 Å². The van der Waals surface area contributed by atoms with E-state index in [0.717, 1.165) is 0 Å². The molecule has 4 rings (SSSR count). The Kier molecular flexibility index (Phi) is 7.01. The highest BCUT2D eigenvalue weighted by molar-refractivity contribution is 8.14. The van der Waals surface area contributed by atoms with Crippen LogP contribution in [0.2, 0.25) is 5.02 Å². The highest BCUT2D eigenvalue weighted by atomic mass is 35.5. The van der Waals surface area contributed by atoms with Crippen LogP contribution in [0.1, 0.15) is 5.56 Å². The van der Waals surface area contributed by atoms with Crippen LogP contribution in [0, 0.1) is 5.82 Å². The first-order valence-electron chi connectivity index (χ1n) is 9.64. The number of amidine groups is 1. The van der Waals surface area contributed by atoms with Gasteiger partial charge in [-0.2, -0.15) is 9.41 Å². The predicted octanol–water partition coefficient (Wildman–Crippen LogP) is 3.24. The number of nitrogens with one attached hydrogen (secondary N) is 1. The molecule has 2 aromatic rings. The number of hydrogen-bond donors (Lipinski definition) is 1. The summed E-state index contributed by atoms with van der Waals surface area (Å²) in [4.78, 5) is 4.55. The number of halogens is 2. The van der Waals surface area contributed by atoms with Crippen molar-refractivity contribution in [1.29, 1.82) is 0 Å². The summed E-state index contributed by atoms with van der Waals surface area (Å²) >= 11 is 7.61. The van der Waals surface area contributed by atoms with Crippen molar-refractivity contribution in [1.82, 2.24) is 9.73 Å². The Balaban J connectivity index is 1.54. The topological polar surface area (TPSA) is 92.6 Å². The minimum absolute atomic E-state index is 0.113. The van der Waals surface area contributed by atoms with E-state index >= 15 is 0 Å². The fraction of sp³-hybridized carbons (Fsp3) is 0.300. The monoisotopic (exact) mass is 498 g/mol. The Labute approximate surface area is 194 Å². The maximum absolute atomic E-state index is 14.0. The smallest absolute Gasteiger partial charge is 0.243 e. The van der Waals surface area contributed by atoms with Gasteiger partial charge >= 0.3 is 0 Å². The van der Waals surface area contributed by atoms with Gasteiger partial charge in [-0.1, -0.05) is 23.4 Å². The normalized spacial score (nSPS) is 18.8. The largest absolute Gasteiger partial charge is 0.494 e. The average Bonchev–Trinajstić information content (AvgIpc) is 2.81. The standard InChI is InChI=1S/C20H20ClFN4O4S2/c1-29-19-5-2-13(10-16(19)22)18-12-31-20(25-24-18)23-17-11-14(3-4-15(17)21)32(27,28)26-6-8-30-9-7-26/h2-5,10-11H,6-9,12H2,1H3,(H,23,25). The van der Waals surface area contributed by atoms with Crippen molar-refractivity contribution in [3.63, 3.8) is 0 Å². The molecule has 2 aliphatic heterocycles. The minimum atomic E-state index is -3.67. The third-order valence-electron chi connectivity index (χ3n) is 4.86. The van der Waals surface area contributed by atoms with E-state index in [1.807, 2.05) is 0 Å². The average molecular weight is 499 g/mol. The molecule has 0 saturated carbocycles. The van der Waals surface area contributed by atoms with Crippen molar-refractivity contribution in [2.75, 3.05) is 39.2 Å². The van der Waals surface area contributed by atoms with Crippen LogP contribution < -0.4 is 10.2 Å². The lowest BCUT2D eigenvalue weighted by Gasteiger charge is -2.26. The molecule has 1 fully saturated rings. The van der Waals surface area contributed by atoms with Gasteiger partial charge in [-0.3, -0.25) is 5.43 Å². The van der Waals surface area contributed by atoms with Gasteiger partial charge in [-0.25, -0.2) is 17.8 Å². The molecular weight excluding hydrogens is 479 g/mol. The van der Waals surface area contributed by atoms with E-state index in [1.54, 1.807) is 12.1 Å². The van der Waals surface area contributed by atoms with Crippen molar-refractivity contribution < 1.29 is 22.3 Å². The summed E-state index contributed by atoms with van der Waals surface area (Å²) in [5, 5.41) is 5.03. The zero-order valence-electron chi connectivity index (χ0n) is 17.0. The molecule has 0 bridgehead atoms. The zero-order chi connectivity index (χ0) is 22.7. The van der Waals surface area contributed by atoms with Crippen LogP contribution in [-0.4, -0.2) is 62.8 Å². The molecule has 0 aliphatic carbocycles. The van der Waals surface area contributed by atoms with E-state index in [1.165, 1.54) is 47.4 Å². The van der Waals surface area contributed by atoms with Crippen LogP contribution in [-0.2, 0) is 14.8 Å². The Morgan fingerprint density at radius 3 is 2.69 bits per heavy atom. The van der Waals surface area contributed by atoms with Crippen LogP contribution in [0.4, 0.5) is 10.1 Å². The van der Waals surface area contributed by atoms with E-state index < -0.39 is 15.8 Å². The van der Waals surface area contributed by atoms with Gasteiger partial charge in [0, 0.05) is 24.4 Å². The molecule has 2 aromatic carbocycles. The first-order chi connectivity index (χ1) is 15.4. The lowest BCUT2D eigenvalue weighted by Crippen LogP contribution is -2.40. The second-order valence-corrected chi connectivity index (χ2v) is 10.2. The van der Waals surface area contributed by atoms with Gasteiger partial charge < -0.3 is 9.47 Å². The van der Waals surface area contributed by atoms with E-state index in [2.05, 4.69) is 15.5 Å². The molecule has 170 valence electrons. The second-order valence-electron chi connectivity index (χ2n) is 6.85. The number of morpholine rings is 1. The van der Waals surface area contributed by atoms with Crippen molar-refractivity contribution in [3.05, 3.63) is 52.8 Å². The van der Waals surface area contributed by atoms with Crippen LogP contribution in [0.3, 0.4) is 0 Å². The number of benzene rings is 2. The minimum Gasteiger partial charge on any atom is -0.494 e. The summed E-state index contributed by atoms with van der Waals surface area (Å²) in [6.07, 6.45) is 0. The SMILES string of the molecule is COc1ccc(C2=NNC(=Nc3cc(S(=O)(=O)N4CCOCC4)ccc3Cl)SC2)cc1F. The number of aliphatic imine (C=N–C) groups is 1. The third kappa shape index (κ3) is 4.91. The molecule has 0 aromatic heterocycles. The Morgan fingerprint density at radius 1 is 1.25 bits per heavy atom. The van der Waals surface area contributed by atoms with Crippen molar-refractivity contribution >= 4 is 50.0 Å². The van der Waals surface area contributed by atoms with E-state index in [-0.39, 0.29) is 10.6 Å². The van der Waals surface area contributed by atoms with Gasteiger partial charge in [-0.05, 0) is 36.4 Å². The molecule has 0 radical (unpaired) electrons. The second kappa shape index (κ2) is 9.75. The van der Waals surface area contributed by atoms with Crippen molar-refractivity contribution in [3.8, 4) is 5.75 Å². The summed E-state index contributed by atoms with van der Waals surface area (Å²) in [5.41, 5.74) is 4.40. The molecule has 32 heavy (non-hydrogen) atoms. The summed E-state index contributed by atoms with van der Waals surface area (Å²) in [6.45, 7) is 1.33. The van der Waals surface area contributed by atoms with E-state index in [4.69, 9.17) is 21.1 Å². The number of nitrogens with zero attached hydrogens (tertiary/aromatic N) is 3. The van der Waals surface area contributed by atoms with Crippen LogP contribution in [0.15, 0.2) is 51.4 Å². The van der Waals surface area contributed by atoms with Crippen LogP contribution in [0.25, 0.3) is 0 Å². The molecule has 8 nitrogen and oxygen atoms in total.